The zero-order valence-corrected chi connectivity index (χ0v) is 9.57. The monoisotopic (exact) mass is 289 g/mol. The van der Waals surface area contributed by atoms with E-state index < -0.39 is 0 Å². The maximum absolute atomic E-state index is 5.82. The van der Waals surface area contributed by atoms with Gasteiger partial charge in [-0.2, -0.15) is 0 Å². The molecule has 0 spiro atoms. The minimum atomic E-state index is 0.888. The first-order valence-electron chi connectivity index (χ1n) is 3.62. The molecule has 0 saturated carbocycles. The van der Waals surface area contributed by atoms with Crippen molar-refractivity contribution in [1.82, 2.24) is 0 Å². The standard InChI is InChI=1S/C9H8INS/c1-5-7(11)2-3-8-9(5)6(10)4-12-8/h2-4H,11H2,1H3. The zero-order valence-electron chi connectivity index (χ0n) is 6.60. The molecule has 0 aliphatic rings. The minimum absolute atomic E-state index is 0.888. The van der Waals surface area contributed by atoms with E-state index in [0.717, 1.165) is 5.69 Å². The van der Waals surface area contributed by atoms with Crippen LogP contribution < -0.4 is 5.73 Å². The fraction of sp³-hybridized carbons (Fsp3) is 0.111. The number of hydrogen-bond donors (Lipinski definition) is 1. The predicted molar refractivity (Wildman–Crippen MR) is 63.7 cm³/mol. The Morgan fingerprint density at radius 1 is 1.42 bits per heavy atom. The van der Waals surface area contributed by atoms with Crippen LogP contribution in [0.25, 0.3) is 10.1 Å². The highest BCUT2D eigenvalue weighted by Gasteiger charge is 2.05. The van der Waals surface area contributed by atoms with Crippen LogP contribution in [0.1, 0.15) is 5.56 Å². The van der Waals surface area contributed by atoms with Crippen LogP contribution in [-0.4, -0.2) is 0 Å². The molecule has 0 radical (unpaired) electrons. The van der Waals surface area contributed by atoms with Gasteiger partial charge in [-0.1, -0.05) is 0 Å². The van der Waals surface area contributed by atoms with Crippen LogP contribution in [0, 0.1) is 10.5 Å². The molecule has 62 valence electrons. The number of hydrogen-bond acceptors (Lipinski definition) is 2. The third-order valence-corrected chi connectivity index (χ3v) is 4.22. The number of nitrogens with two attached hydrogens (primary N) is 1. The molecule has 12 heavy (non-hydrogen) atoms. The van der Waals surface area contributed by atoms with Crippen LogP contribution in [0.2, 0.25) is 0 Å². The molecule has 2 rings (SSSR count). The summed E-state index contributed by atoms with van der Waals surface area (Å²) in [4.78, 5) is 0. The first-order chi connectivity index (χ1) is 5.70. The third-order valence-electron chi connectivity index (χ3n) is 2.00. The lowest BCUT2D eigenvalue weighted by Crippen LogP contribution is -1.88. The summed E-state index contributed by atoms with van der Waals surface area (Å²) in [6, 6.07) is 4.06. The van der Waals surface area contributed by atoms with Crippen LogP contribution in [0.4, 0.5) is 5.69 Å². The number of thiophene rings is 1. The fourth-order valence-corrected chi connectivity index (χ4v) is 3.41. The van der Waals surface area contributed by atoms with Gasteiger partial charge in [-0.05, 0) is 47.2 Å². The molecule has 0 atom stereocenters. The molecular formula is C9H8INS. The molecule has 3 heteroatoms. The van der Waals surface area contributed by atoms with Gasteiger partial charge in [0.2, 0.25) is 0 Å². The SMILES string of the molecule is Cc1c(N)ccc2scc(I)c12. The zero-order chi connectivity index (χ0) is 8.72. The normalized spacial score (nSPS) is 10.8. The number of fused-ring (bicyclic) bond motifs is 1. The third kappa shape index (κ3) is 1.11. The molecule has 0 aliphatic carbocycles. The Balaban J connectivity index is 2.96. The molecule has 2 aromatic rings. The summed E-state index contributed by atoms with van der Waals surface area (Å²) in [6.45, 7) is 2.08. The van der Waals surface area contributed by atoms with E-state index in [-0.39, 0.29) is 0 Å². The largest absolute Gasteiger partial charge is 0.398 e. The van der Waals surface area contributed by atoms with Gasteiger partial charge < -0.3 is 5.73 Å². The Hall–Kier alpha value is -0.290. The van der Waals surface area contributed by atoms with Gasteiger partial charge in [0.1, 0.15) is 0 Å². The molecule has 0 amide bonds. The summed E-state index contributed by atoms with van der Waals surface area (Å²) in [5.41, 5.74) is 7.91. The van der Waals surface area contributed by atoms with Gasteiger partial charge in [-0.25, -0.2) is 0 Å². The van der Waals surface area contributed by atoms with Crippen molar-refractivity contribution in [2.24, 2.45) is 0 Å². The van der Waals surface area contributed by atoms with Gasteiger partial charge in [-0.15, -0.1) is 11.3 Å². The van der Waals surface area contributed by atoms with E-state index in [0.29, 0.717) is 0 Å². The second-order valence-corrected chi connectivity index (χ2v) is 4.81. The second kappa shape index (κ2) is 2.88. The molecule has 0 aliphatic heterocycles. The van der Waals surface area contributed by atoms with Crippen molar-refractivity contribution in [2.75, 3.05) is 5.73 Å². The topological polar surface area (TPSA) is 26.0 Å². The highest BCUT2D eigenvalue weighted by Crippen LogP contribution is 2.32. The van der Waals surface area contributed by atoms with E-state index in [1.54, 1.807) is 11.3 Å². The van der Waals surface area contributed by atoms with Gasteiger partial charge in [0.05, 0.1) is 0 Å². The predicted octanol–water partition coefficient (Wildman–Crippen LogP) is 3.40. The molecule has 1 heterocycles. The molecule has 0 bridgehead atoms. The molecule has 2 N–H and O–H groups in total. The molecule has 0 unspecified atom stereocenters. The Labute approximate surface area is 88.7 Å². The summed E-state index contributed by atoms with van der Waals surface area (Å²) in [5, 5.41) is 3.48. The molecular weight excluding hydrogens is 281 g/mol. The Bertz CT molecular complexity index is 433. The molecule has 1 aromatic carbocycles. The Morgan fingerprint density at radius 2 is 2.17 bits per heavy atom. The van der Waals surface area contributed by atoms with Crippen molar-refractivity contribution in [3.05, 3.63) is 26.6 Å². The lowest BCUT2D eigenvalue weighted by atomic mass is 10.1. The second-order valence-electron chi connectivity index (χ2n) is 2.74. The van der Waals surface area contributed by atoms with Crippen molar-refractivity contribution < 1.29 is 0 Å². The van der Waals surface area contributed by atoms with E-state index >= 15 is 0 Å². The highest BCUT2D eigenvalue weighted by molar-refractivity contribution is 14.1. The minimum Gasteiger partial charge on any atom is -0.398 e. The molecule has 0 saturated heterocycles. The van der Waals surface area contributed by atoms with E-state index in [4.69, 9.17) is 5.73 Å². The van der Waals surface area contributed by atoms with Gasteiger partial charge in [0.15, 0.2) is 0 Å². The number of benzene rings is 1. The van der Waals surface area contributed by atoms with E-state index in [1.165, 1.54) is 19.2 Å². The lowest BCUT2D eigenvalue weighted by Gasteiger charge is -2.00. The average Bonchev–Trinajstić information content (AvgIpc) is 2.41. The summed E-state index contributed by atoms with van der Waals surface area (Å²) < 4.78 is 2.63. The van der Waals surface area contributed by atoms with E-state index in [2.05, 4.69) is 41.0 Å². The van der Waals surface area contributed by atoms with Crippen molar-refractivity contribution in [2.45, 2.75) is 6.92 Å². The van der Waals surface area contributed by atoms with Crippen LogP contribution in [-0.2, 0) is 0 Å². The van der Waals surface area contributed by atoms with Gasteiger partial charge >= 0.3 is 0 Å². The van der Waals surface area contributed by atoms with Gasteiger partial charge in [-0.3, -0.25) is 0 Å². The number of rotatable bonds is 0. The van der Waals surface area contributed by atoms with E-state index in [9.17, 15) is 0 Å². The lowest BCUT2D eigenvalue weighted by molar-refractivity contribution is 1.53. The van der Waals surface area contributed by atoms with Gasteiger partial charge in [0, 0.05) is 24.7 Å². The first-order valence-corrected chi connectivity index (χ1v) is 5.58. The number of aryl methyl sites for hydroxylation is 1. The van der Waals surface area contributed by atoms with Crippen molar-refractivity contribution >= 4 is 49.7 Å². The number of nitrogen functional groups attached to an aromatic ring is 1. The number of anilines is 1. The summed E-state index contributed by atoms with van der Waals surface area (Å²) in [7, 11) is 0. The summed E-state index contributed by atoms with van der Waals surface area (Å²) in [6.07, 6.45) is 0. The van der Waals surface area contributed by atoms with Crippen LogP contribution in [0.5, 0.6) is 0 Å². The average molecular weight is 289 g/mol. The van der Waals surface area contributed by atoms with Crippen LogP contribution >= 0.6 is 33.9 Å². The fourth-order valence-electron chi connectivity index (χ4n) is 1.27. The van der Waals surface area contributed by atoms with Gasteiger partial charge in [0.25, 0.3) is 0 Å². The maximum atomic E-state index is 5.82. The van der Waals surface area contributed by atoms with Crippen molar-refractivity contribution in [3.63, 3.8) is 0 Å². The van der Waals surface area contributed by atoms with Crippen LogP contribution in [0.15, 0.2) is 17.5 Å². The van der Waals surface area contributed by atoms with Crippen molar-refractivity contribution in [3.8, 4) is 0 Å². The molecule has 0 fully saturated rings. The first kappa shape index (κ1) is 8.31. The van der Waals surface area contributed by atoms with Crippen molar-refractivity contribution in [1.29, 1.82) is 0 Å². The van der Waals surface area contributed by atoms with E-state index in [1.807, 2.05) is 6.07 Å². The number of halogens is 1. The smallest absolute Gasteiger partial charge is 0.0357 e. The van der Waals surface area contributed by atoms with Crippen LogP contribution in [0.3, 0.4) is 0 Å². The summed E-state index contributed by atoms with van der Waals surface area (Å²) in [5.74, 6) is 0. The molecule has 1 nitrogen and oxygen atoms in total. The quantitative estimate of drug-likeness (QED) is 0.584. The maximum Gasteiger partial charge on any atom is 0.0357 e. The highest BCUT2D eigenvalue weighted by atomic mass is 127. The Morgan fingerprint density at radius 3 is 2.92 bits per heavy atom. The Kier molecular flexibility index (Phi) is 2.00. The summed E-state index contributed by atoms with van der Waals surface area (Å²) >= 11 is 4.12. The molecule has 1 aromatic heterocycles.